The van der Waals surface area contributed by atoms with Crippen molar-refractivity contribution < 1.29 is 17.6 Å². The fourth-order valence-electron chi connectivity index (χ4n) is 2.19. The van der Waals surface area contributed by atoms with Crippen molar-refractivity contribution in [2.24, 2.45) is 0 Å². The summed E-state index contributed by atoms with van der Waals surface area (Å²) < 4.78 is 44.9. The molecule has 0 atom stereocenters. The maximum atomic E-state index is 13.2. The van der Waals surface area contributed by atoms with Gasteiger partial charge in [0.1, 0.15) is 5.52 Å². The number of aromatic nitrogens is 1. The normalized spacial score (nSPS) is 12.0. The predicted molar refractivity (Wildman–Crippen MR) is 78.0 cm³/mol. The van der Waals surface area contributed by atoms with Gasteiger partial charge in [-0.15, -0.1) is 0 Å². The Morgan fingerprint density at radius 3 is 2.50 bits per heavy atom. The lowest BCUT2D eigenvalue weighted by Crippen LogP contribution is -2.08. The molecule has 0 radical (unpaired) electrons. The lowest BCUT2D eigenvalue weighted by atomic mass is 10.1. The SMILES string of the molecule is Cc1cc2oc(-c3ccc(N)cc3C(F)(F)F)nc2cc1N. The molecule has 4 nitrogen and oxygen atoms in total. The molecule has 2 aromatic carbocycles. The second kappa shape index (κ2) is 4.66. The van der Waals surface area contributed by atoms with Crippen molar-refractivity contribution in [1.82, 2.24) is 4.98 Å². The van der Waals surface area contributed by atoms with E-state index >= 15 is 0 Å². The minimum Gasteiger partial charge on any atom is -0.436 e. The highest BCUT2D eigenvalue weighted by molar-refractivity contribution is 5.81. The first kappa shape index (κ1) is 14.2. The fourth-order valence-corrected chi connectivity index (χ4v) is 2.19. The van der Waals surface area contributed by atoms with Crippen molar-refractivity contribution in [3.63, 3.8) is 0 Å². The van der Waals surface area contributed by atoms with E-state index in [9.17, 15) is 13.2 Å². The van der Waals surface area contributed by atoms with Crippen molar-refractivity contribution in [3.05, 3.63) is 41.5 Å². The first-order valence-electron chi connectivity index (χ1n) is 6.39. The van der Waals surface area contributed by atoms with Crippen LogP contribution < -0.4 is 11.5 Å². The molecule has 0 bridgehead atoms. The van der Waals surface area contributed by atoms with Gasteiger partial charge in [-0.25, -0.2) is 4.98 Å². The molecule has 0 aliphatic rings. The average molecular weight is 307 g/mol. The lowest BCUT2D eigenvalue weighted by molar-refractivity contribution is -0.137. The second-order valence-corrected chi connectivity index (χ2v) is 5.00. The maximum absolute atomic E-state index is 13.2. The molecule has 0 unspecified atom stereocenters. The molecule has 7 heteroatoms. The van der Waals surface area contributed by atoms with Gasteiger partial charge in [0.05, 0.1) is 5.56 Å². The van der Waals surface area contributed by atoms with Crippen LogP contribution in [0.4, 0.5) is 24.5 Å². The number of alkyl halides is 3. The Morgan fingerprint density at radius 1 is 1.09 bits per heavy atom. The summed E-state index contributed by atoms with van der Waals surface area (Å²) >= 11 is 0. The standard InChI is InChI=1S/C15H12F3N3O/c1-7-4-13-12(6-11(7)20)21-14(22-13)9-3-2-8(19)5-10(9)15(16,17)18/h2-6H,19-20H2,1H3. The molecule has 22 heavy (non-hydrogen) atoms. The average Bonchev–Trinajstić information content (AvgIpc) is 2.81. The van der Waals surface area contributed by atoms with Crippen molar-refractivity contribution in [1.29, 1.82) is 0 Å². The fraction of sp³-hybridized carbons (Fsp3) is 0.133. The highest BCUT2D eigenvalue weighted by atomic mass is 19.4. The van der Waals surface area contributed by atoms with E-state index in [4.69, 9.17) is 15.9 Å². The van der Waals surface area contributed by atoms with Gasteiger partial charge in [0.2, 0.25) is 5.89 Å². The van der Waals surface area contributed by atoms with Crippen molar-refractivity contribution in [3.8, 4) is 11.5 Å². The van der Waals surface area contributed by atoms with E-state index in [2.05, 4.69) is 4.98 Å². The van der Waals surface area contributed by atoms with E-state index in [1.807, 2.05) is 0 Å². The van der Waals surface area contributed by atoms with Gasteiger partial charge in [-0.05, 0) is 42.8 Å². The summed E-state index contributed by atoms with van der Waals surface area (Å²) in [5.74, 6) is -0.118. The molecule has 4 N–H and O–H groups in total. The summed E-state index contributed by atoms with van der Waals surface area (Å²) in [7, 11) is 0. The number of oxazole rings is 1. The summed E-state index contributed by atoms with van der Waals surface area (Å²) in [6.45, 7) is 1.78. The van der Waals surface area contributed by atoms with Crippen molar-refractivity contribution in [2.75, 3.05) is 11.5 Å². The molecule has 0 fully saturated rings. The number of fused-ring (bicyclic) bond motifs is 1. The predicted octanol–water partition coefficient (Wildman–Crippen LogP) is 3.99. The van der Waals surface area contributed by atoms with Crippen LogP contribution in [0.15, 0.2) is 34.7 Å². The Labute approximate surface area is 123 Å². The number of aryl methyl sites for hydroxylation is 1. The molecule has 0 aliphatic carbocycles. The molecular formula is C15H12F3N3O. The largest absolute Gasteiger partial charge is 0.436 e. The van der Waals surface area contributed by atoms with E-state index in [0.29, 0.717) is 16.8 Å². The maximum Gasteiger partial charge on any atom is 0.417 e. The van der Waals surface area contributed by atoms with Gasteiger partial charge < -0.3 is 15.9 Å². The smallest absolute Gasteiger partial charge is 0.417 e. The quantitative estimate of drug-likeness (QED) is 0.666. The molecule has 3 rings (SSSR count). The minimum atomic E-state index is -4.56. The zero-order valence-electron chi connectivity index (χ0n) is 11.5. The monoisotopic (exact) mass is 307 g/mol. The molecular weight excluding hydrogens is 295 g/mol. The number of rotatable bonds is 1. The van der Waals surface area contributed by atoms with Crippen LogP contribution in [-0.2, 0) is 6.18 Å². The highest BCUT2D eigenvalue weighted by Crippen LogP contribution is 2.39. The number of hydrogen-bond donors (Lipinski definition) is 2. The van der Waals surface area contributed by atoms with Gasteiger partial charge in [0.15, 0.2) is 5.58 Å². The Balaban J connectivity index is 2.23. The molecule has 1 heterocycles. The Kier molecular flexibility index (Phi) is 3.01. The number of hydrogen-bond acceptors (Lipinski definition) is 4. The van der Waals surface area contributed by atoms with Crippen molar-refractivity contribution in [2.45, 2.75) is 13.1 Å². The molecule has 3 aromatic rings. The molecule has 0 spiro atoms. The first-order valence-corrected chi connectivity index (χ1v) is 6.39. The van der Waals surface area contributed by atoms with Crippen LogP contribution in [0.5, 0.6) is 0 Å². The molecule has 0 saturated carbocycles. The highest BCUT2D eigenvalue weighted by Gasteiger charge is 2.35. The third kappa shape index (κ3) is 2.34. The van der Waals surface area contributed by atoms with Gasteiger partial charge in [-0.1, -0.05) is 0 Å². The number of nitrogens with zero attached hydrogens (tertiary/aromatic N) is 1. The zero-order chi connectivity index (χ0) is 16.1. The molecule has 1 aromatic heterocycles. The van der Waals surface area contributed by atoms with Crippen LogP contribution in [-0.4, -0.2) is 4.98 Å². The number of halogens is 3. The van der Waals surface area contributed by atoms with Crippen LogP contribution in [0.1, 0.15) is 11.1 Å². The summed E-state index contributed by atoms with van der Waals surface area (Å²) in [6.07, 6.45) is -4.56. The number of benzene rings is 2. The van der Waals surface area contributed by atoms with Crippen LogP contribution in [0.25, 0.3) is 22.6 Å². The zero-order valence-corrected chi connectivity index (χ0v) is 11.5. The van der Waals surface area contributed by atoms with Gasteiger partial charge >= 0.3 is 6.18 Å². The van der Waals surface area contributed by atoms with Crippen LogP contribution in [0, 0.1) is 6.92 Å². The summed E-state index contributed by atoms with van der Waals surface area (Å²) in [6, 6.07) is 6.70. The van der Waals surface area contributed by atoms with E-state index in [1.54, 1.807) is 19.1 Å². The first-order chi connectivity index (χ1) is 10.3. The van der Waals surface area contributed by atoms with Gasteiger partial charge in [0, 0.05) is 16.9 Å². The number of nitrogen functional groups attached to an aromatic ring is 2. The van der Waals surface area contributed by atoms with E-state index < -0.39 is 11.7 Å². The van der Waals surface area contributed by atoms with Crippen LogP contribution in [0.3, 0.4) is 0 Å². The Hall–Kier alpha value is -2.70. The molecule has 0 amide bonds. The van der Waals surface area contributed by atoms with Gasteiger partial charge in [0.25, 0.3) is 0 Å². The van der Waals surface area contributed by atoms with Crippen LogP contribution in [0.2, 0.25) is 0 Å². The minimum absolute atomic E-state index is 0.0206. The van der Waals surface area contributed by atoms with E-state index in [1.165, 1.54) is 12.1 Å². The number of anilines is 2. The summed E-state index contributed by atoms with van der Waals surface area (Å²) in [4.78, 5) is 4.10. The summed E-state index contributed by atoms with van der Waals surface area (Å²) in [5.41, 5.74) is 12.3. The topological polar surface area (TPSA) is 78.1 Å². The Bertz CT molecular complexity index is 829. The molecule has 0 aliphatic heterocycles. The second-order valence-electron chi connectivity index (χ2n) is 5.00. The lowest BCUT2D eigenvalue weighted by Gasteiger charge is -2.11. The van der Waals surface area contributed by atoms with E-state index in [-0.39, 0.29) is 17.1 Å². The molecule has 0 saturated heterocycles. The number of nitrogens with two attached hydrogens (primary N) is 2. The summed E-state index contributed by atoms with van der Waals surface area (Å²) in [5, 5.41) is 0. The Morgan fingerprint density at radius 2 is 1.82 bits per heavy atom. The van der Waals surface area contributed by atoms with Crippen molar-refractivity contribution >= 4 is 22.5 Å². The third-order valence-corrected chi connectivity index (χ3v) is 3.36. The third-order valence-electron chi connectivity index (χ3n) is 3.36. The van der Waals surface area contributed by atoms with Crippen LogP contribution >= 0.6 is 0 Å². The van der Waals surface area contributed by atoms with Gasteiger partial charge in [-0.2, -0.15) is 13.2 Å². The molecule has 114 valence electrons. The van der Waals surface area contributed by atoms with Gasteiger partial charge in [-0.3, -0.25) is 0 Å². The van der Waals surface area contributed by atoms with E-state index in [0.717, 1.165) is 11.6 Å².